The van der Waals surface area contributed by atoms with Crippen LogP contribution in [0.1, 0.15) is 34.6 Å². The first-order valence-corrected chi connectivity index (χ1v) is 10.5. The van der Waals surface area contributed by atoms with Crippen LogP contribution in [-0.2, 0) is 4.74 Å². The molecule has 1 unspecified atom stereocenters. The van der Waals surface area contributed by atoms with Crippen molar-refractivity contribution in [3.8, 4) is 11.5 Å². The van der Waals surface area contributed by atoms with Gasteiger partial charge in [-0.3, -0.25) is 9.69 Å². The van der Waals surface area contributed by atoms with Crippen molar-refractivity contribution in [3.63, 3.8) is 0 Å². The van der Waals surface area contributed by atoms with E-state index in [1.165, 1.54) is 4.88 Å². The largest absolute Gasteiger partial charge is 0.493 e. The number of rotatable bonds is 9. The van der Waals surface area contributed by atoms with E-state index in [1.807, 2.05) is 6.92 Å². The van der Waals surface area contributed by atoms with Gasteiger partial charge in [0.1, 0.15) is 0 Å². The smallest absolute Gasteiger partial charge is 0.251 e. The van der Waals surface area contributed by atoms with Gasteiger partial charge >= 0.3 is 0 Å². The number of nitrogens with zero attached hydrogens (tertiary/aromatic N) is 1. The van der Waals surface area contributed by atoms with Crippen LogP contribution < -0.4 is 14.8 Å². The van der Waals surface area contributed by atoms with Crippen LogP contribution in [0.5, 0.6) is 11.5 Å². The lowest BCUT2D eigenvalue weighted by Gasteiger charge is -2.34. The maximum absolute atomic E-state index is 12.7. The third-order valence-corrected chi connectivity index (χ3v) is 5.68. The fraction of sp³-hybridized carbons (Fsp3) is 0.476. The van der Waals surface area contributed by atoms with E-state index in [4.69, 9.17) is 14.2 Å². The summed E-state index contributed by atoms with van der Waals surface area (Å²) in [6.45, 7) is 6.41. The highest BCUT2D eigenvalue weighted by molar-refractivity contribution is 7.10. The van der Waals surface area contributed by atoms with Gasteiger partial charge in [0.25, 0.3) is 5.91 Å². The molecule has 7 heteroatoms. The minimum absolute atomic E-state index is 0.116. The van der Waals surface area contributed by atoms with Gasteiger partial charge in [-0.15, -0.1) is 11.3 Å². The van der Waals surface area contributed by atoms with Gasteiger partial charge in [-0.05, 0) is 36.1 Å². The molecule has 0 saturated carbocycles. The molecule has 1 fully saturated rings. The fourth-order valence-corrected chi connectivity index (χ4v) is 4.07. The molecule has 3 rings (SSSR count). The number of benzene rings is 1. The monoisotopic (exact) mass is 404 g/mol. The lowest BCUT2D eigenvalue weighted by molar-refractivity contribution is 0.0169. The Hall–Kier alpha value is -2.09. The zero-order valence-electron chi connectivity index (χ0n) is 16.5. The predicted octanol–water partition coefficient (Wildman–Crippen LogP) is 3.35. The summed E-state index contributed by atoms with van der Waals surface area (Å²) in [7, 11) is 1.58. The molecule has 28 heavy (non-hydrogen) atoms. The number of nitrogens with one attached hydrogen (secondary N) is 1. The molecule has 0 bridgehead atoms. The van der Waals surface area contributed by atoms with Gasteiger partial charge in [0.15, 0.2) is 11.5 Å². The Bertz CT molecular complexity index is 745. The second-order valence-electron chi connectivity index (χ2n) is 6.60. The van der Waals surface area contributed by atoms with Crippen molar-refractivity contribution >= 4 is 17.2 Å². The summed E-state index contributed by atoms with van der Waals surface area (Å²) in [5.74, 6) is 1.12. The number of carbonyl (C=O) groups is 1. The van der Waals surface area contributed by atoms with Crippen molar-refractivity contribution in [1.29, 1.82) is 0 Å². The van der Waals surface area contributed by atoms with Gasteiger partial charge in [0, 0.05) is 30.1 Å². The molecule has 6 nitrogen and oxygen atoms in total. The maximum Gasteiger partial charge on any atom is 0.251 e. The number of thiophene rings is 1. The summed E-state index contributed by atoms with van der Waals surface area (Å²) in [6, 6.07) is 9.63. The number of ether oxygens (including phenoxy) is 3. The summed E-state index contributed by atoms with van der Waals surface area (Å²) in [5, 5.41) is 5.16. The highest BCUT2D eigenvalue weighted by atomic mass is 32.1. The van der Waals surface area contributed by atoms with Crippen molar-refractivity contribution in [3.05, 3.63) is 46.2 Å². The average Bonchev–Trinajstić information content (AvgIpc) is 3.27. The van der Waals surface area contributed by atoms with Crippen LogP contribution in [0, 0.1) is 0 Å². The van der Waals surface area contributed by atoms with E-state index in [0.29, 0.717) is 30.2 Å². The highest BCUT2D eigenvalue weighted by Crippen LogP contribution is 2.29. The average molecular weight is 405 g/mol. The molecule has 1 N–H and O–H groups in total. The molecule has 152 valence electrons. The normalized spacial score (nSPS) is 15.8. The number of hydrogen-bond acceptors (Lipinski definition) is 6. The first kappa shape index (κ1) is 20.6. The molecule has 1 amide bonds. The van der Waals surface area contributed by atoms with E-state index in [1.54, 1.807) is 36.6 Å². The number of amides is 1. The van der Waals surface area contributed by atoms with Crippen molar-refractivity contribution in [1.82, 2.24) is 10.2 Å². The van der Waals surface area contributed by atoms with Gasteiger partial charge in [0.2, 0.25) is 0 Å². The summed E-state index contributed by atoms with van der Waals surface area (Å²) in [4.78, 5) is 16.4. The molecule has 1 aromatic carbocycles. The van der Waals surface area contributed by atoms with Gasteiger partial charge in [0.05, 0.1) is 33.0 Å². The predicted molar refractivity (Wildman–Crippen MR) is 111 cm³/mol. The van der Waals surface area contributed by atoms with Crippen molar-refractivity contribution in [2.45, 2.75) is 19.4 Å². The van der Waals surface area contributed by atoms with Crippen LogP contribution in [0.3, 0.4) is 0 Å². The lowest BCUT2D eigenvalue weighted by atomic mass is 10.1. The van der Waals surface area contributed by atoms with Crippen LogP contribution in [0.4, 0.5) is 0 Å². The van der Waals surface area contributed by atoms with Crippen molar-refractivity contribution in [2.75, 3.05) is 46.6 Å². The molecule has 2 aromatic rings. The minimum atomic E-state index is -0.116. The zero-order chi connectivity index (χ0) is 19.8. The topological polar surface area (TPSA) is 60.0 Å². The summed E-state index contributed by atoms with van der Waals surface area (Å²) >= 11 is 1.72. The number of carbonyl (C=O) groups excluding carboxylic acids is 1. The Morgan fingerprint density at radius 1 is 1.29 bits per heavy atom. The minimum Gasteiger partial charge on any atom is -0.493 e. The second kappa shape index (κ2) is 10.5. The third kappa shape index (κ3) is 5.25. The van der Waals surface area contributed by atoms with Crippen LogP contribution in [0.15, 0.2) is 35.7 Å². The molecule has 0 aliphatic carbocycles. The number of methoxy groups -OCH3 is 1. The first-order valence-electron chi connectivity index (χ1n) is 9.67. The van der Waals surface area contributed by atoms with Crippen LogP contribution in [0.2, 0.25) is 0 Å². The van der Waals surface area contributed by atoms with E-state index in [0.717, 1.165) is 32.7 Å². The van der Waals surface area contributed by atoms with Gasteiger partial charge in [-0.1, -0.05) is 13.0 Å². The number of hydrogen-bond donors (Lipinski definition) is 1. The van der Waals surface area contributed by atoms with Crippen LogP contribution >= 0.6 is 11.3 Å². The quantitative estimate of drug-likeness (QED) is 0.695. The van der Waals surface area contributed by atoms with E-state index in [-0.39, 0.29) is 11.9 Å². The van der Waals surface area contributed by atoms with E-state index in [2.05, 4.69) is 27.7 Å². The molecule has 1 aliphatic heterocycles. The summed E-state index contributed by atoms with van der Waals surface area (Å²) in [6.07, 6.45) is 0.914. The Morgan fingerprint density at radius 2 is 2.11 bits per heavy atom. The third-order valence-electron chi connectivity index (χ3n) is 4.70. The molecular formula is C21H28N2O4S. The molecule has 0 spiro atoms. The van der Waals surface area contributed by atoms with Crippen molar-refractivity contribution < 1.29 is 19.0 Å². The Labute approximate surface area is 170 Å². The zero-order valence-corrected chi connectivity index (χ0v) is 17.3. The number of morpholine rings is 1. The molecular weight excluding hydrogens is 376 g/mol. The van der Waals surface area contributed by atoms with E-state index >= 15 is 0 Å². The van der Waals surface area contributed by atoms with Crippen molar-refractivity contribution in [2.24, 2.45) is 0 Å². The molecule has 1 aromatic heterocycles. The first-order chi connectivity index (χ1) is 13.7. The Balaban J connectivity index is 1.67. The summed E-state index contributed by atoms with van der Waals surface area (Å²) < 4.78 is 16.5. The Morgan fingerprint density at radius 3 is 2.79 bits per heavy atom. The van der Waals surface area contributed by atoms with Crippen LogP contribution in [-0.4, -0.2) is 57.4 Å². The molecule has 1 saturated heterocycles. The van der Waals surface area contributed by atoms with Gasteiger partial charge < -0.3 is 19.5 Å². The van der Waals surface area contributed by atoms with E-state index in [9.17, 15) is 4.79 Å². The van der Waals surface area contributed by atoms with Crippen LogP contribution in [0.25, 0.3) is 0 Å². The molecule has 2 heterocycles. The summed E-state index contributed by atoms with van der Waals surface area (Å²) in [5.41, 5.74) is 0.563. The lowest BCUT2D eigenvalue weighted by Crippen LogP contribution is -2.43. The van der Waals surface area contributed by atoms with E-state index < -0.39 is 0 Å². The Kier molecular flexibility index (Phi) is 7.71. The fourth-order valence-electron chi connectivity index (χ4n) is 3.21. The maximum atomic E-state index is 12.7. The second-order valence-corrected chi connectivity index (χ2v) is 7.58. The molecule has 0 radical (unpaired) electrons. The van der Waals surface area contributed by atoms with Gasteiger partial charge in [-0.25, -0.2) is 0 Å². The highest BCUT2D eigenvalue weighted by Gasteiger charge is 2.24. The molecule has 1 atom stereocenters. The standard InChI is InChI=1S/C21H28N2O4S/c1-3-10-27-18-7-6-16(14-19(18)25-2)21(24)22-15-17(20-5-4-13-28-20)23-8-11-26-12-9-23/h4-7,13-14,17H,3,8-12,15H2,1-2H3,(H,22,24). The molecule has 1 aliphatic rings. The SMILES string of the molecule is CCCOc1ccc(C(=O)NCC(c2cccs2)N2CCOCC2)cc1OC. The van der Waals surface area contributed by atoms with Gasteiger partial charge in [-0.2, -0.15) is 0 Å².